The van der Waals surface area contributed by atoms with Gasteiger partial charge in [-0.2, -0.15) is 0 Å². The minimum absolute atomic E-state index is 0.00763. The fraction of sp³-hybridized carbons (Fsp3) is 0.476. The van der Waals surface area contributed by atoms with Gasteiger partial charge in [0.2, 0.25) is 5.75 Å². The van der Waals surface area contributed by atoms with Crippen molar-refractivity contribution < 1.29 is 28.5 Å². The molecule has 0 radical (unpaired) electrons. The van der Waals surface area contributed by atoms with E-state index in [1.54, 1.807) is 13.0 Å². The van der Waals surface area contributed by atoms with E-state index in [-0.39, 0.29) is 5.78 Å². The minimum atomic E-state index is -0.710. The van der Waals surface area contributed by atoms with Crippen molar-refractivity contribution in [1.82, 2.24) is 0 Å². The molecule has 1 aromatic rings. The fourth-order valence-electron chi connectivity index (χ4n) is 4.14. The van der Waals surface area contributed by atoms with Crippen LogP contribution in [0.5, 0.6) is 17.2 Å². The Bertz CT molecular complexity index is 870. The minimum Gasteiger partial charge on any atom is -0.493 e. The summed E-state index contributed by atoms with van der Waals surface area (Å²) in [6.07, 6.45) is 1.90. The third-order valence-corrected chi connectivity index (χ3v) is 5.36. The van der Waals surface area contributed by atoms with Gasteiger partial charge in [0.1, 0.15) is 5.92 Å². The molecule has 1 aromatic carbocycles. The van der Waals surface area contributed by atoms with Gasteiger partial charge >= 0.3 is 5.97 Å². The number of hydrogen-bond acceptors (Lipinski definition) is 7. The molecule has 7 nitrogen and oxygen atoms in total. The molecular weight excluding hydrogens is 362 g/mol. The van der Waals surface area contributed by atoms with E-state index in [9.17, 15) is 9.59 Å². The van der Waals surface area contributed by atoms with Gasteiger partial charge in [0.25, 0.3) is 0 Å². The molecule has 2 atom stereocenters. The van der Waals surface area contributed by atoms with Gasteiger partial charge in [-0.25, -0.2) is 0 Å². The maximum Gasteiger partial charge on any atom is 0.315 e. The number of methoxy groups -OCH3 is 4. The van der Waals surface area contributed by atoms with Crippen LogP contribution in [0.25, 0.3) is 0 Å². The maximum absolute atomic E-state index is 12.9. The number of aliphatic imine (C=N–C) groups is 1. The summed E-state index contributed by atoms with van der Waals surface area (Å²) in [7, 11) is 5.92. The van der Waals surface area contributed by atoms with Crippen molar-refractivity contribution in [3.8, 4) is 17.2 Å². The number of benzene rings is 1. The molecule has 1 unspecified atom stereocenters. The first-order chi connectivity index (χ1) is 13.5. The first-order valence-corrected chi connectivity index (χ1v) is 9.16. The van der Waals surface area contributed by atoms with Crippen LogP contribution in [-0.4, -0.2) is 45.9 Å². The average molecular weight is 387 g/mol. The zero-order chi connectivity index (χ0) is 20.4. The topological polar surface area (TPSA) is 83.4 Å². The molecule has 0 bridgehead atoms. The summed E-state index contributed by atoms with van der Waals surface area (Å²) in [5.41, 5.74) is 2.61. The Morgan fingerprint density at radius 2 is 1.75 bits per heavy atom. The molecule has 7 heteroatoms. The molecule has 0 N–H and O–H groups in total. The Balaban J connectivity index is 2.29. The lowest BCUT2D eigenvalue weighted by atomic mass is 9.71. The molecule has 150 valence electrons. The summed E-state index contributed by atoms with van der Waals surface area (Å²) in [5, 5.41) is 0. The van der Waals surface area contributed by atoms with Gasteiger partial charge in [-0.3, -0.25) is 14.6 Å². The third-order valence-electron chi connectivity index (χ3n) is 5.36. The Morgan fingerprint density at radius 1 is 1.04 bits per heavy atom. The lowest BCUT2D eigenvalue weighted by Gasteiger charge is -2.35. The number of rotatable bonds is 5. The molecule has 0 aromatic heterocycles. The van der Waals surface area contributed by atoms with Gasteiger partial charge in [0.15, 0.2) is 17.3 Å². The number of ether oxygens (including phenoxy) is 4. The first kappa shape index (κ1) is 19.9. The number of allylic oxidation sites excluding steroid dienone is 2. The van der Waals surface area contributed by atoms with Gasteiger partial charge in [-0.05, 0) is 25.8 Å². The van der Waals surface area contributed by atoms with Crippen LogP contribution in [0.15, 0.2) is 28.4 Å². The van der Waals surface area contributed by atoms with Crippen LogP contribution in [0, 0.1) is 5.92 Å². The first-order valence-electron chi connectivity index (χ1n) is 9.16. The van der Waals surface area contributed by atoms with E-state index in [1.165, 1.54) is 28.4 Å². The summed E-state index contributed by atoms with van der Waals surface area (Å²) in [6.45, 7) is 1.80. The van der Waals surface area contributed by atoms with Crippen LogP contribution < -0.4 is 14.2 Å². The number of esters is 1. The molecule has 0 fully saturated rings. The zero-order valence-corrected chi connectivity index (χ0v) is 16.8. The Labute approximate surface area is 164 Å². The molecule has 0 saturated carbocycles. The van der Waals surface area contributed by atoms with E-state index in [4.69, 9.17) is 18.9 Å². The summed E-state index contributed by atoms with van der Waals surface area (Å²) < 4.78 is 21.6. The van der Waals surface area contributed by atoms with Crippen LogP contribution in [0.4, 0.5) is 0 Å². The molecule has 0 saturated heterocycles. The van der Waals surface area contributed by atoms with Crippen LogP contribution in [-0.2, 0) is 14.3 Å². The van der Waals surface area contributed by atoms with E-state index < -0.39 is 17.8 Å². The highest BCUT2D eigenvalue weighted by Crippen LogP contribution is 2.50. The average Bonchev–Trinajstić information content (AvgIpc) is 2.71. The smallest absolute Gasteiger partial charge is 0.315 e. The van der Waals surface area contributed by atoms with Crippen molar-refractivity contribution in [3.05, 3.63) is 29.0 Å². The van der Waals surface area contributed by atoms with Crippen molar-refractivity contribution in [2.24, 2.45) is 10.9 Å². The van der Waals surface area contributed by atoms with Crippen LogP contribution in [0.3, 0.4) is 0 Å². The maximum atomic E-state index is 12.9. The van der Waals surface area contributed by atoms with Crippen LogP contribution in [0.2, 0.25) is 0 Å². The van der Waals surface area contributed by atoms with Crippen molar-refractivity contribution in [1.29, 1.82) is 0 Å². The predicted octanol–water partition coefficient (Wildman–Crippen LogP) is 3.07. The van der Waals surface area contributed by atoms with Crippen LogP contribution >= 0.6 is 0 Å². The lowest BCUT2D eigenvalue weighted by Crippen LogP contribution is -2.37. The van der Waals surface area contributed by atoms with Crippen molar-refractivity contribution in [3.63, 3.8) is 0 Å². The van der Waals surface area contributed by atoms with Gasteiger partial charge in [-0.15, -0.1) is 0 Å². The molecule has 1 heterocycles. The predicted molar refractivity (Wildman–Crippen MR) is 103 cm³/mol. The van der Waals surface area contributed by atoms with Crippen molar-refractivity contribution in [2.45, 2.75) is 32.1 Å². The number of ketones is 1. The number of hydrogen-bond donors (Lipinski definition) is 0. The van der Waals surface area contributed by atoms with Gasteiger partial charge in [0, 0.05) is 34.9 Å². The van der Waals surface area contributed by atoms with E-state index in [1.807, 2.05) is 6.07 Å². The SMILES string of the molecule is COC(=O)C1C(C)=NC2=C(C(=O)CCC2)[C@H]1c1ccc(OC)c(OC)c1OC. The number of carbonyl (C=O) groups is 2. The normalized spacial score (nSPS) is 21.6. The largest absolute Gasteiger partial charge is 0.493 e. The van der Waals surface area contributed by atoms with E-state index in [2.05, 4.69) is 4.99 Å². The summed E-state index contributed by atoms with van der Waals surface area (Å²) in [6, 6.07) is 3.56. The van der Waals surface area contributed by atoms with Gasteiger partial charge in [-0.1, -0.05) is 6.07 Å². The van der Waals surface area contributed by atoms with Gasteiger partial charge in [0.05, 0.1) is 28.4 Å². The Morgan fingerprint density at radius 3 is 2.36 bits per heavy atom. The highest BCUT2D eigenvalue weighted by atomic mass is 16.5. The molecule has 1 aliphatic heterocycles. The molecule has 1 aliphatic carbocycles. The van der Waals surface area contributed by atoms with E-state index in [0.29, 0.717) is 46.9 Å². The molecule has 28 heavy (non-hydrogen) atoms. The zero-order valence-electron chi connectivity index (χ0n) is 16.8. The standard InChI is InChI=1S/C21H25NO6/c1-11-16(21(24)28-5)17(18-13(22-11)7-6-8-14(18)23)12-9-10-15(25-2)20(27-4)19(12)26-3/h9-10,16-17H,6-8H2,1-5H3/t16?,17-/m0/s1. The Hall–Kier alpha value is -2.83. The monoisotopic (exact) mass is 387 g/mol. The van der Waals surface area contributed by atoms with Gasteiger partial charge < -0.3 is 18.9 Å². The van der Waals surface area contributed by atoms with Crippen molar-refractivity contribution >= 4 is 17.5 Å². The molecule has 3 rings (SSSR count). The summed E-state index contributed by atoms with van der Waals surface area (Å²) in [4.78, 5) is 30.2. The highest BCUT2D eigenvalue weighted by Gasteiger charge is 2.44. The lowest BCUT2D eigenvalue weighted by molar-refractivity contribution is -0.143. The molecule has 0 amide bonds. The second-order valence-electron chi connectivity index (χ2n) is 6.79. The quantitative estimate of drug-likeness (QED) is 0.722. The number of Topliss-reactive ketones (excluding diaryl/α,β-unsaturated/α-hetero) is 1. The number of nitrogens with zero attached hydrogens (tertiary/aromatic N) is 1. The molecule has 2 aliphatic rings. The highest BCUT2D eigenvalue weighted by molar-refractivity contribution is 6.09. The van der Waals surface area contributed by atoms with Crippen LogP contribution in [0.1, 0.15) is 37.7 Å². The Kier molecular flexibility index (Phi) is 5.72. The fourth-order valence-corrected chi connectivity index (χ4v) is 4.14. The third kappa shape index (κ3) is 3.15. The molecular formula is C21H25NO6. The second kappa shape index (κ2) is 8.04. The molecule has 0 spiro atoms. The number of carbonyl (C=O) groups excluding carboxylic acids is 2. The van der Waals surface area contributed by atoms with E-state index in [0.717, 1.165) is 12.1 Å². The summed E-state index contributed by atoms with van der Waals surface area (Å²) >= 11 is 0. The second-order valence-corrected chi connectivity index (χ2v) is 6.79. The van der Waals surface area contributed by atoms with E-state index >= 15 is 0 Å². The summed E-state index contributed by atoms with van der Waals surface area (Å²) in [5.74, 6) is -0.345. The van der Waals surface area contributed by atoms with Crippen molar-refractivity contribution in [2.75, 3.05) is 28.4 Å².